The van der Waals surface area contributed by atoms with E-state index in [1.807, 2.05) is 0 Å². The van der Waals surface area contributed by atoms with E-state index in [0.29, 0.717) is 0 Å². The maximum atomic E-state index is 7.62. The Morgan fingerprint density at radius 3 is 1.79 bits per heavy atom. The van der Waals surface area contributed by atoms with Gasteiger partial charge in [0.1, 0.15) is 0 Å². The van der Waals surface area contributed by atoms with Crippen molar-refractivity contribution in [2.45, 2.75) is 12.5 Å². The summed E-state index contributed by atoms with van der Waals surface area (Å²) in [6.07, 6.45) is 2.30. The minimum Gasteiger partial charge on any atom is -0.154 e. The molecule has 0 amide bonds. The van der Waals surface area contributed by atoms with Crippen LogP contribution < -0.4 is 10.4 Å². The van der Waals surface area contributed by atoms with Crippen molar-refractivity contribution in [3.05, 3.63) is 102 Å². The predicted molar refractivity (Wildman–Crippen MR) is 107 cm³/mol. The Bertz CT molecular complexity index is 845. The quantitative estimate of drug-likeness (QED) is 0.475. The van der Waals surface area contributed by atoms with Gasteiger partial charge in [-0.15, -0.1) is 0 Å². The Morgan fingerprint density at radius 2 is 1.21 bits per heavy atom. The molecule has 0 aromatic heterocycles. The van der Waals surface area contributed by atoms with E-state index in [4.69, 9.17) is 11.1 Å². The molecule has 0 N–H and O–H groups in total. The summed E-state index contributed by atoms with van der Waals surface area (Å²) < 4.78 is 0. The van der Waals surface area contributed by atoms with Gasteiger partial charge in [-0.2, -0.15) is 11.1 Å². The molecule has 0 spiro atoms. The van der Waals surface area contributed by atoms with Gasteiger partial charge in [0.25, 0.3) is 0 Å². The molecule has 1 atom stereocenters. The summed E-state index contributed by atoms with van der Waals surface area (Å²) in [6, 6.07) is 30.0. The molecule has 0 radical (unpaired) electrons. The number of halogens is 1. The average Bonchev–Trinajstić information content (AvgIpc) is 2.99. The minimum absolute atomic E-state index is 0.264. The van der Waals surface area contributed by atoms with Gasteiger partial charge in [-0.05, 0) is 28.4 Å². The lowest BCUT2D eigenvalue weighted by Crippen LogP contribution is -2.58. The molecule has 0 bridgehead atoms. The highest BCUT2D eigenvalue weighted by Crippen LogP contribution is 2.43. The smallest absolute Gasteiger partial charge is 0.154 e. The van der Waals surface area contributed by atoms with Crippen LogP contribution in [0.5, 0.6) is 0 Å². The lowest BCUT2D eigenvalue weighted by Gasteiger charge is -2.34. The topological polar surface area (TPSA) is 0 Å². The van der Waals surface area contributed by atoms with Gasteiger partial charge < -0.3 is 0 Å². The summed E-state index contributed by atoms with van der Waals surface area (Å²) in [5.74, 6) is 0. The molecule has 118 valence electrons. The van der Waals surface area contributed by atoms with Gasteiger partial charge in [-0.25, -0.2) is 0 Å². The van der Waals surface area contributed by atoms with Crippen LogP contribution in [0.25, 0.3) is 6.08 Å². The van der Waals surface area contributed by atoms with E-state index in [1.54, 1.807) is 0 Å². The molecule has 24 heavy (non-hydrogen) atoms. The van der Waals surface area contributed by atoms with Crippen LogP contribution in [0.15, 0.2) is 90.5 Å². The van der Waals surface area contributed by atoms with E-state index < -0.39 is 7.38 Å². The molecule has 1 aliphatic carbocycles. The van der Waals surface area contributed by atoms with E-state index in [0.717, 1.165) is 0 Å². The second kappa shape index (κ2) is 6.08. The number of benzene rings is 3. The van der Waals surface area contributed by atoms with Gasteiger partial charge in [0.15, 0.2) is 0 Å². The molecule has 1 aliphatic rings. The molecule has 2 heteroatoms. The molecule has 0 aliphatic heterocycles. The standard InChI is InChI=1S/C22H19ClSi/c1-17-16-18-10-8-9-15-21(18)22(17)24(23,19-11-4-2-5-12-19)20-13-6-3-7-14-20/h2-16,22H,1H3. The van der Waals surface area contributed by atoms with Gasteiger partial charge >= 0.3 is 0 Å². The molecule has 4 rings (SSSR count). The molecule has 0 nitrogen and oxygen atoms in total. The zero-order valence-electron chi connectivity index (χ0n) is 13.6. The fourth-order valence-electron chi connectivity index (χ4n) is 3.87. The maximum Gasteiger partial charge on any atom is 0.228 e. The number of hydrogen-bond donors (Lipinski definition) is 0. The highest BCUT2D eigenvalue weighted by molar-refractivity contribution is 7.35. The van der Waals surface area contributed by atoms with Gasteiger partial charge in [0.05, 0.1) is 0 Å². The first-order chi connectivity index (χ1) is 11.7. The summed E-state index contributed by atoms with van der Waals surface area (Å²) in [5, 5.41) is 2.54. The molecule has 0 fully saturated rings. The third-order valence-electron chi connectivity index (χ3n) is 4.93. The van der Waals surface area contributed by atoms with Crippen LogP contribution in [0.2, 0.25) is 0 Å². The second-order valence-corrected chi connectivity index (χ2v) is 11.3. The van der Waals surface area contributed by atoms with Crippen molar-refractivity contribution in [3.63, 3.8) is 0 Å². The van der Waals surface area contributed by atoms with E-state index in [2.05, 4.69) is 97.9 Å². The lowest BCUT2D eigenvalue weighted by molar-refractivity contribution is 1.11. The predicted octanol–water partition coefficient (Wildman–Crippen LogP) is 4.73. The van der Waals surface area contributed by atoms with Crippen molar-refractivity contribution in [2.75, 3.05) is 0 Å². The Morgan fingerprint density at radius 1 is 0.708 bits per heavy atom. The largest absolute Gasteiger partial charge is 0.228 e. The van der Waals surface area contributed by atoms with E-state index in [1.165, 1.54) is 27.1 Å². The molecular formula is C22H19ClSi. The Labute approximate surface area is 149 Å². The fourth-order valence-corrected chi connectivity index (χ4v) is 9.25. The molecule has 0 saturated heterocycles. The normalized spacial score (nSPS) is 16.6. The number of allylic oxidation sites excluding steroid dienone is 1. The van der Waals surface area contributed by atoms with Crippen molar-refractivity contribution in [2.24, 2.45) is 0 Å². The third kappa shape index (κ3) is 2.36. The SMILES string of the molecule is CC1=Cc2ccccc2C1[Si](Cl)(c1ccccc1)c1ccccc1. The lowest BCUT2D eigenvalue weighted by atomic mass is 10.1. The first-order valence-corrected chi connectivity index (χ1v) is 11.4. The Hall–Kier alpha value is -2.09. The van der Waals surface area contributed by atoms with E-state index in [9.17, 15) is 0 Å². The van der Waals surface area contributed by atoms with Gasteiger partial charge in [-0.1, -0.05) is 96.6 Å². The van der Waals surface area contributed by atoms with Crippen molar-refractivity contribution < 1.29 is 0 Å². The average molecular weight is 347 g/mol. The van der Waals surface area contributed by atoms with Crippen molar-refractivity contribution in [3.8, 4) is 0 Å². The fraction of sp³-hybridized carbons (Fsp3) is 0.0909. The van der Waals surface area contributed by atoms with Crippen molar-refractivity contribution in [1.82, 2.24) is 0 Å². The van der Waals surface area contributed by atoms with Crippen LogP contribution in [0.4, 0.5) is 0 Å². The van der Waals surface area contributed by atoms with Crippen LogP contribution in [-0.4, -0.2) is 7.38 Å². The molecule has 0 saturated carbocycles. The van der Waals surface area contributed by atoms with E-state index >= 15 is 0 Å². The summed E-state index contributed by atoms with van der Waals surface area (Å²) >= 11 is 7.62. The van der Waals surface area contributed by atoms with Gasteiger partial charge in [0.2, 0.25) is 7.38 Å². The van der Waals surface area contributed by atoms with Crippen molar-refractivity contribution in [1.29, 1.82) is 0 Å². The van der Waals surface area contributed by atoms with Gasteiger partial charge in [0, 0.05) is 5.54 Å². The van der Waals surface area contributed by atoms with Gasteiger partial charge in [-0.3, -0.25) is 0 Å². The van der Waals surface area contributed by atoms with Crippen molar-refractivity contribution >= 4 is 34.9 Å². The maximum absolute atomic E-state index is 7.62. The number of rotatable bonds is 3. The van der Waals surface area contributed by atoms with Crippen LogP contribution in [-0.2, 0) is 0 Å². The Balaban J connectivity index is 1.97. The molecule has 0 heterocycles. The van der Waals surface area contributed by atoms with Crippen LogP contribution in [0.3, 0.4) is 0 Å². The zero-order chi connectivity index (χ0) is 16.6. The minimum atomic E-state index is -2.48. The highest BCUT2D eigenvalue weighted by atomic mass is 35.6. The summed E-state index contributed by atoms with van der Waals surface area (Å²) in [4.78, 5) is 0. The summed E-state index contributed by atoms with van der Waals surface area (Å²) in [5.41, 5.74) is 4.31. The number of fused-ring (bicyclic) bond motifs is 1. The van der Waals surface area contributed by atoms with Crippen LogP contribution >= 0.6 is 11.1 Å². The van der Waals surface area contributed by atoms with Crippen LogP contribution in [0, 0.1) is 0 Å². The molecule has 3 aromatic rings. The zero-order valence-corrected chi connectivity index (χ0v) is 15.4. The molecule has 3 aromatic carbocycles. The first kappa shape index (κ1) is 15.4. The molecular weight excluding hydrogens is 328 g/mol. The summed E-state index contributed by atoms with van der Waals surface area (Å²) in [7, 11) is -2.48. The van der Waals surface area contributed by atoms with Crippen LogP contribution in [0.1, 0.15) is 23.6 Å². The first-order valence-electron chi connectivity index (χ1n) is 8.28. The van der Waals surface area contributed by atoms with E-state index in [-0.39, 0.29) is 5.54 Å². The molecule has 1 unspecified atom stereocenters. The Kier molecular flexibility index (Phi) is 3.91. The highest BCUT2D eigenvalue weighted by Gasteiger charge is 2.47. The second-order valence-electron chi connectivity index (χ2n) is 6.39. The third-order valence-corrected chi connectivity index (χ3v) is 10.8. The summed E-state index contributed by atoms with van der Waals surface area (Å²) in [6.45, 7) is 2.22. The monoisotopic (exact) mass is 346 g/mol. The number of hydrogen-bond acceptors (Lipinski definition) is 0.